The van der Waals surface area contributed by atoms with E-state index in [9.17, 15) is 33.2 Å². The molecule has 0 atom stereocenters. The maximum atomic E-state index is 13.9. The lowest BCUT2D eigenvalue weighted by Gasteiger charge is -2.10. The minimum absolute atomic E-state index is 0.0193. The largest absolute Gasteiger partial charge is 0.419 e. The van der Waals surface area contributed by atoms with Crippen molar-refractivity contribution in [3.8, 4) is 0 Å². The molecule has 0 spiro atoms. The van der Waals surface area contributed by atoms with Gasteiger partial charge in [0.25, 0.3) is 23.6 Å². The Morgan fingerprint density at radius 3 is 1.49 bits per heavy atom. The zero-order chi connectivity index (χ0) is 49.1. The van der Waals surface area contributed by atoms with Crippen molar-refractivity contribution in [3.05, 3.63) is 199 Å². The fourth-order valence-electron chi connectivity index (χ4n) is 7.38. The highest BCUT2D eigenvalue weighted by molar-refractivity contribution is 5.99. The standard InChI is InChI=1S/C25H22N6O4.C24H19FN6O4/c1-15-3-5-16(6-4-15)13-27-24(33)20-12-18(29-22-9-10-28-31(20)22)23(32)26-14-17-7-8-21-19(11-17)30(2)25(34)35-21;1-30-18-10-14(6-7-20(18)35-24(30)34)12-26-22(32)17-11-19(31-21(29-17)8-9-28-31)23(33)27-13-15-4-2-3-5-16(15)25/h3-12H,13-14H2,1-2H3,(H,26,32)(H,27,33);2-11H,12-13H2,1H3,(H,26,32)(H,27,33). The second-order valence-electron chi connectivity index (χ2n) is 16.0. The Labute approximate surface area is 394 Å². The van der Waals surface area contributed by atoms with Gasteiger partial charge in [0.1, 0.15) is 28.6 Å². The Hall–Kier alpha value is -9.53. The number of benzene rings is 4. The van der Waals surface area contributed by atoms with Crippen LogP contribution in [-0.4, -0.2) is 62.0 Å². The highest BCUT2D eigenvalue weighted by Gasteiger charge is 2.20. The summed E-state index contributed by atoms with van der Waals surface area (Å²) in [4.78, 5) is 83.5. The fraction of sp³-hybridized carbons (Fsp3) is 0.143. The molecule has 10 rings (SSSR count). The van der Waals surface area contributed by atoms with E-state index < -0.39 is 35.1 Å². The number of halogens is 1. The first-order chi connectivity index (χ1) is 33.8. The molecule has 4 aromatic carbocycles. The first kappa shape index (κ1) is 45.6. The third-order valence-corrected chi connectivity index (χ3v) is 11.2. The molecule has 352 valence electrons. The number of fused-ring (bicyclic) bond motifs is 4. The van der Waals surface area contributed by atoms with E-state index in [0.717, 1.165) is 22.3 Å². The number of amides is 4. The van der Waals surface area contributed by atoms with Crippen LogP contribution in [0.1, 0.15) is 69.8 Å². The second kappa shape index (κ2) is 19.4. The van der Waals surface area contributed by atoms with E-state index in [0.29, 0.717) is 45.6 Å². The lowest BCUT2D eigenvalue weighted by Crippen LogP contribution is -2.28. The van der Waals surface area contributed by atoms with E-state index in [1.807, 2.05) is 31.2 Å². The van der Waals surface area contributed by atoms with Gasteiger partial charge < -0.3 is 30.1 Å². The van der Waals surface area contributed by atoms with Crippen molar-refractivity contribution in [1.29, 1.82) is 0 Å². The van der Waals surface area contributed by atoms with Gasteiger partial charge in [-0.1, -0.05) is 60.2 Å². The molecule has 6 heterocycles. The lowest BCUT2D eigenvalue weighted by atomic mass is 10.1. The van der Waals surface area contributed by atoms with Gasteiger partial charge in [0.05, 0.1) is 23.4 Å². The molecule has 0 unspecified atom stereocenters. The van der Waals surface area contributed by atoms with Crippen LogP contribution in [-0.2, 0) is 40.3 Å². The van der Waals surface area contributed by atoms with Gasteiger partial charge in [-0.15, -0.1) is 0 Å². The molecule has 10 aromatic rings. The van der Waals surface area contributed by atoms with Gasteiger partial charge in [-0.25, -0.2) is 33.0 Å². The molecule has 0 aliphatic rings. The molecular weight excluding hydrogens is 904 g/mol. The molecule has 0 aliphatic heterocycles. The summed E-state index contributed by atoms with van der Waals surface area (Å²) in [5.41, 5.74) is 7.20. The highest BCUT2D eigenvalue weighted by atomic mass is 19.1. The van der Waals surface area contributed by atoms with Crippen molar-refractivity contribution in [2.45, 2.75) is 33.1 Å². The summed E-state index contributed by atoms with van der Waals surface area (Å²) in [5.74, 6) is -3.21. The van der Waals surface area contributed by atoms with Crippen molar-refractivity contribution in [3.63, 3.8) is 0 Å². The minimum atomic E-state index is -0.537. The smallest absolute Gasteiger partial charge is 0.408 e. The Morgan fingerprint density at radius 2 is 0.986 bits per heavy atom. The molecule has 21 heteroatoms. The number of rotatable bonds is 12. The lowest BCUT2D eigenvalue weighted by molar-refractivity contribution is 0.0927. The molecule has 4 N–H and O–H groups in total. The van der Waals surface area contributed by atoms with Gasteiger partial charge >= 0.3 is 11.5 Å². The number of carbonyl (C=O) groups excluding carboxylic acids is 4. The number of hydrogen-bond acceptors (Lipinski definition) is 12. The quantitative estimate of drug-likeness (QED) is 0.132. The van der Waals surface area contributed by atoms with Gasteiger partial charge in [-0.2, -0.15) is 10.2 Å². The molecular formula is C49H41FN12O8. The zero-order valence-electron chi connectivity index (χ0n) is 37.6. The SMILES string of the molecule is Cc1ccc(CNC(=O)c2cc(C(=O)NCc3ccc4oc(=O)n(C)c4c3)nc3ccnn23)cc1.Cn1c(=O)oc2ccc(CNC(=O)c3cc(C(=O)NCc4ccccc4F)n4nccc4n3)cc21. The van der Waals surface area contributed by atoms with Gasteiger partial charge in [0.2, 0.25) is 0 Å². The number of aryl methyl sites for hydroxylation is 3. The number of oxazole rings is 2. The van der Waals surface area contributed by atoms with Crippen LogP contribution in [0, 0.1) is 12.7 Å². The van der Waals surface area contributed by atoms with Crippen molar-refractivity contribution in [2.75, 3.05) is 0 Å². The van der Waals surface area contributed by atoms with Crippen molar-refractivity contribution < 1.29 is 32.4 Å². The second-order valence-corrected chi connectivity index (χ2v) is 16.0. The molecule has 0 saturated carbocycles. The van der Waals surface area contributed by atoms with Crippen LogP contribution < -0.4 is 32.8 Å². The predicted octanol–water partition coefficient (Wildman–Crippen LogP) is 4.52. The van der Waals surface area contributed by atoms with Gasteiger partial charge in [-0.05, 0) is 53.9 Å². The average Bonchev–Trinajstić information content (AvgIpc) is 4.17. The van der Waals surface area contributed by atoms with Crippen LogP contribution in [0.5, 0.6) is 0 Å². The van der Waals surface area contributed by atoms with Crippen LogP contribution in [0.15, 0.2) is 140 Å². The van der Waals surface area contributed by atoms with E-state index in [-0.39, 0.29) is 48.3 Å². The normalized spacial score (nSPS) is 11.1. The first-order valence-electron chi connectivity index (χ1n) is 21.6. The summed E-state index contributed by atoms with van der Waals surface area (Å²) in [5, 5.41) is 19.4. The monoisotopic (exact) mass is 944 g/mol. The third kappa shape index (κ3) is 9.65. The maximum Gasteiger partial charge on any atom is 0.419 e. The van der Waals surface area contributed by atoms with Crippen molar-refractivity contribution >= 4 is 57.1 Å². The van der Waals surface area contributed by atoms with Gasteiger partial charge in [-0.3, -0.25) is 28.3 Å². The summed E-state index contributed by atoms with van der Waals surface area (Å²) in [6, 6.07) is 30.3. The highest BCUT2D eigenvalue weighted by Crippen LogP contribution is 2.17. The average molecular weight is 945 g/mol. The number of nitrogens with zero attached hydrogens (tertiary/aromatic N) is 8. The Kier molecular flexibility index (Phi) is 12.6. The molecule has 0 bridgehead atoms. The molecule has 70 heavy (non-hydrogen) atoms. The Balaban J connectivity index is 0.000000174. The summed E-state index contributed by atoms with van der Waals surface area (Å²) in [6.45, 7) is 2.67. The Bertz CT molecular complexity index is 3770. The van der Waals surface area contributed by atoms with E-state index in [1.54, 1.807) is 80.8 Å². The maximum absolute atomic E-state index is 13.9. The minimum Gasteiger partial charge on any atom is -0.408 e. The first-order valence-corrected chi connectivity index (χ1v) is 21.6. The summed E-state index contributed by atoms with van der Waals surface area (Å²) >= 11 is 0. The van der Waals surface area contributed by atoms with Gasteiger partial charge in [0, 0.05) is 70.1 Å². The summed E-state index contributed by atoms with van der Waals surface area (Å²) in [6.07, 6.45) is 2.98. The fourth-order valence-corrected chi connectivity index (χ4v) is 7.38. The van der Waals surface area contributed by atoms with E-state index >= 15 is 0 Å². The van der Waals surface area contributed by atoms with Crippen LogP contribution >= 0.6 is 0 Å². The Morgan fingerprint density at radius 1 is 0.543 bits per heavy atom. The molecule has 0 saturated heterocycles. The third-order valence-electron chi connectivity index (χ3n) is 11.2. The van der Waals surface area contributed by atoms with E-state index in [1.165, 1.54) is 48.8 Å². The van der Waals surface area contributed by atoms with E-state index in [2.05, 4.69) is 41.4 Å². The topological polar surface area (TPSA) is 247 Å². The predicted molar refractivity (Wildman–Crippen MR) is 251 cm³/mol. The van der Waals surface area contributed by atoms with Crippen LogP contribution in [0.4, 0.5) is 4.39 Å². The number of aromatic nitrogens is 8. The van der Waals surface area contributed by atoms with Crippen molar-refractivity contribution in [2.24, 2.45) is 14.1 Å². The molecule has 0 aliphatic carbocycles. The van der Waals surface area contributed by atoms with Crippen LogP contribution in [0.25, 0.3) is 33.5 Å². The summed E-state index contributed by atoms with van der Waals surface area (Å²) < 4.78 is 29.6. The molecule has 4 amide bonds. The zero-order valence-corrected chi connectivity index (χ0v) is 37.6. The molecule has 20 nitrogen and oxygen atoms in total. The van der Waals surface area contributed by atoms with Crippen LogP contribution in [0.3, 0.4) is 0 Å². The number of carbonyl (C=O) groups is 4. The van der Waals surface area contributed by atoms with E-state index in [4.69, 9.17) is 8.83 Å². The van der Waals surface area contributed by atoms with Crippen molar-refractivity contribution in [1.82, 2.24) is 59.6 Å². The molecule has 0 fully saturated rings. The molecule has 6 aromatic heterocycles. The number of nitrogens with one attached hydrogen (secondary N) is 4. The van der Waals surface area contributed by atoms with Crippen LogP contribution in [0.2, 0.25) is 0 Å². The molecule has 0 radical (unpaired) electrons. The summed E-state index contributed by atoms with van der Waals surface area (Å²) in [7, 11) is 3.21. The van der Waals surface area contributed by atoms with Gasteiger partial charge in [0.15, 0.2) is 22.5 Å². The number of hydrogen-bond donors (Lipinski definition) is 4.